The minimum atomic E-state index is -1.05. The van der Waals surface area contributed by atoms with Gasteiger partial charge in [0.25, 0.3) is 0 Å². The molecule has 4 N–H and O–H groups in total. The monoisotopic (exact) mass is 368 g/mol. The topological polar surface area (TPSA) is 99.4 Å². The summed E-state index contributed by atoms with van der Waals surface area (Å²) in [6.45, 7) is 1.76. The van der Waals surface area contributed by atoms with E-state index in [1.165, 1.54) is 0 Å². The van der Waals surface area contributed by atoms with Gasteiger partial charge in [-0.15, -0.1) is 0 Å². The number of carbonyl (C=O) groups is 1. The summed E-state index contributed by atoms with van der Waals surface area (Å²) >= 11 is 0. The Hall–Kier alpha value is -2.90. The number of para-hydroxylation sites is 2. The Morgan fingerprint density at radius 1 is 1.19 bits per heavy atom. The molecule has 0 saturated carbocycles. The number of aliphatic hydroxyl groups is 2. The van der Waals surface area contributed by atoms with Crippen LogP contribution in [0.15, 0.2) is 54.9 Å². The number of fused-ring (bicyclic) bond motifs is 1. The molecule has 2 amide bonds. The highest BCUT2D eigenvalue weighted by Crippen LogP contribution is 2.19. The normalized spacial score (nSPS) is 13.3. The number of hydrogen-bond acceptors (Lipinski definition) is 4. The molecule has 1 unspecified atom stereocenters. The lowest BCUT2D eigenvalue weighted by Gasteiger charge is -2.23. The zero-order chi connectivity index (χ0) is 19.3. The van der Waals surface area contributed by atoms with Gasteiger partial charge in [-0.2, -0.15) is 0 Å². The number of hydrogen-bond donors (Lipinski definition) is 4. The lowest BCUT2D eigenvalue weighted by atomic mass is 10.0. The molecule has 0 bridgehead atoms. The van der Waals surface area contributed by atoms with E-state index in [-0.39, 0.29) is 19.2 Å². The minimum Gasteiger partial charge on any atom is -0.396 e. The fraction of sp³-hybridized carbons (Fsp3) is 0.300. The van der Waals surface area contributed by atoms with Gasteiger partial charge in [0.05, 0.1) is 16.6 Å². The zero-order valence-corrected chi connectivity index (χ0v) is 15.2. The van der Waals surface area contributed by atoms with Crippen LogP contribution >= 0.6 is 0 Å². The van der Waals surface area contributed by atoms with E-state index in [9.17, 15) is 9.90 Å². The maximum atomic E-state index is 12.0. The molecule has 0 aliphatic rings. The van der Waals surface area contributed by atoms with Crippen LogP contribution in [0.5, 0.6) is 0 Å². The second kappa shape index (κ2) is 8.20. The van der Waals surface area contributed by atoms with Crippen molar-refractivity contribution < 1.29 is 15.0 Å². The van der Waals surface area contributed by atoms with E-state index in [1.54, 1.807) is 13.3 Å². The Balaban J connectivity index is 1.60. The first-order valence-electron chi connectivity index (χ1n) is 8.89. The summed E-state index contributed by atoms with van der Waals surface area (Å²) in [7, 11) is 0. The van der Waals surface area contributed by atoms with Crippen molar-refractivity contribution in [3.05, 3.63) is 54.9 Å². The number of aliphatic hydroxyl groups excluding tert-OH is 1. The van der Waals surface area contributed by atoms with Gasteiger partial charge in [-0.1, -0.05) is 12.1 Å². The van der Waals surface area contributed by atoms with Crippen LogP contribution in [0.3, 0.4) is 0 Å². The minimum absolute atomic E-state index is 0.0148. The molecule has 3 rings (SSSR count). The number of aromatic nitrogens is 2. The molecule has 142 valence electrons. The Kier molecular flexibility index (Phi) is 5.73. The van der Waals surface area contributed by atoms with Crippen LogP contribution in [-0.4, -0.2) is 44.5 Å². The van der Waals surface area contributed by atoms with Gasteiger partial charge in [0.1, 0.15) is 6.33 Å². The van der Waals surface area contributed by atoms with E-state index in [4.69, 9.17) is 5.11 Å². The largest absolute Gasteiger partial charge is 0.396 e. The van der Waals surface area contributed by atoms with Crippen molar-refractivity contribution in [1.29, 1.82) is 0 Å². The van der Waals surface area contributed by atoms with Gasteiger partial charge in [0.15, 0.2) is 0 Å². The number of nitrogens with zero attached hydrogens (tertiary/aromatic N) is 2. The molecule has 0 radical (unpaired) electrons. The number of anilines is 1. The lowest BCUT2D eigenvalue weighted by Crippen LogP contribution is -2.42. The van der Waals surface area contributed by atoms with Gasteiger partial charge < -0.3 is 20.8 Å². The molecule has 27 heavy (non-hydrogen) atoms. The summed E-state index contributed by atoms with van der Waals surface area (Å²) in [6, 6.07) is 14.9. The maximum absolute atomic E-state index is 12.0. The summed E-state index contributed by atoms with van der Waals surface area (Å²) in [5.74, 6) is 0. The highest BCUT2D eigenvalue weighted by Gasteiger charge is 2.20. The van der Waals surface area contributed by atoms with Crippen LogP contribution in [-0.2, 0) is 0 Å². The van der Waals surface area contributed by atoms with Crippen molar-refractivity contribution in [1.82, 2.24) is 14.9 Å². The van der Waals surface area contributed by atoms with Crippen LogP contribution in [0.1, 0.15) is 19.8 Å². The van der Waals surface area contributed by atoms with Crippen LogP contribution in [0.25, 0.3) is 16.7 Å². The summed E-state index contributed by atoms with van der Waals surface area (Å²) < 4.78 is 1.98. The van der Waals surface area contributed by atoms with Gasteiger partial charge >= 0.3 is 6.03 Å². The quantitative estimate of drug-likeness (QED) is 0.515. The highest BCUT2D eigenvalue weighted by molar-refractivity contribution is 5.89. The smallest absolute Gasteiger partial charge is 0.319 e. The van der Waals surface area contributed by atoms with Crippen molar-refractivity contribution in [2.24, 2.45) is 0 Å². The molecule has 7 heteroatoms. The number of nitrogens with one attached hydrogen (secondary N) is 2. The Labute approximate surface area is 157 Å². The van der Waals surface area contributed by atoms with E-state index in [0.717, 1.165) is 16.7 Å². The first-order chi connectivity index (χ1) is 13.0. The van der Waals surface area contributed by atoms with E-state index in [2.05, 4.69) is 15.6 Å². The molecule has 0 aliphatic heterocycles. The summed E-state index contributed by atoms with van der Waals surface area (Å²) in [4.78, 5) is 16.4. The van der Waals surface area contributed by atoms with Crippen LogP contribution in [0, 0.1) is 0 Å². The van der Waals surface area contributed by atoms with Crippen molar-refractivity contribution in [3.8, 4) is 5.69 Å². The van der Waals surface area contributed by atoms with Crippen LogP contribution < -0.4 is 10.6 Å². The second-order valence-corrected chi connectivity index (χ2v) is 6.78. The maximum Gasteiger partial charge on any atom is 0.319 e. The average Bonchev–Trinajstić information content (AvgIpc) is 3.10. The lowest BCUT2D eigenvalue weighted by molar-refractivity contribution is 0.0464. The molecule has 1 heterocycles. The second-order valence-electron chi connectivity index (χ2n) is 6.78. The number of carbonyl (C=O) groups excluding carboxylic acids is 1. The molecule has 3 aromatic rings. The summed E-state index contributed by atoms with van der Waals surface area (Å²) in [5.41, 5.74) is 2.48. The van der Waals surface area contributed by atoms with Gasteiger partial charge in [-0.25, -0.2) is 9.78 Å². The molecular weight excluding hydrogens is 344 g/mol. The van der Waals surface area contributed by atoms with Gasteiger partial charge in [0, 0.05) is 24.5 Å². The van der Waals surface area contributed by atoms with Crippen LogP contribution in [0.4, 0.5) is 10.5 Å². The number of urea groups is 1. The van der Waals surface area contributed by atoms with Crippen LogP contribution in [0.2, 0.25) is 0 Å². The fourth-order valence-corrected chi connectivity index (χ4v) is 2.86. The number of rotatable bonds is 7. The van der Waals surface area contributed by atoms with Gasteiger partial charge in [-0.05, 0) is 56.2 Å². The molecule has 0 saturated heterocycles. The van der Waals surface area contributed by atoms with Gasteiger partial charge in [-0.3, -0.25) is 4.57 Å². The first-order valence-corrected chi connectivity index (χ1v) is 8.89. The predicted octanol–water partition coefficient (Wildman–Crippen LogP) is 2.67. The third kappa shape index (κ3) is 4.84. The van der Waals surface area contributed by atoms with Crippen molar-refractivity contribution >= 4 is 22.8 Å². The predicted molar refractivity (Wildman–Crippen MR) is 105 cm³/mol. The molecular formula is C20H24N4O3. The molecule has 1 aromatic heterocycles. The SMILES string of the molecule is CC(O)(CCCO)CNC(=O)Nc1ccc(-n2cnc3ccccc32)cc1. The molecule has 0 spiro atoms. The zero-order valence-electron chi connectivity index (χ0n) is 15.2. The summed E-state index contributed by atoms with van der Waals surface area (Å²) in [5, 5.41) is 24.4. The third-order valence-corrected chi connectivity index (χ3v) is 4.36. The Morgan fingerprint density at radius 2 is 1.93 bits per heavy atom. The van der Waals surface area contributed by atoms with E-state index < -0.39 is 5.60 Å². The van der Waals surface area contributed by atoms with Gasteiger partial charge in [0.2, 0.25) is 0 Å². The number of benzene rings is 2. The molecule has 2 aromatic carbocycles. The summed E-state index contributed by atoms with van der Waals surface area (Å²) in [6.07, 6.45) is 2.67. The van der Waals surface area contributed by atoms with Crippen molar-refractivity contribution in [2.75, 3.05) is 18.5 Å². The van der Waals surface area contributed by atoms with E-state index in [1.807, 2.05) is 53.1 Å². The first kappa shape index (κ1) is 18.9. The van der Waals surface area contributed by atoms with E-state index >= 15 is 0 Å². The average molecular weight is 368 g/mol. The molecule has 7 nitrogen and oxygen atoms in total. The Bertz CT molecular complexity index is 903. The highest BCUT2D eigenvalue weighted by atomic mass is 16.3. The standard InChI is InChI=1S/C20H24N4O3/c1-20(27,11-4-12-25)13-21-19(26)23-15-7-9-16(10-8-15)24-14-22-17-5-2-3-6-18(17)24/h2-3,5-10,14,25,27H,4,11-13H2,1H3,(H2,21,23,26). The van der Waals surface area contributed by atoms with Crippen molar-refractivity contribution in [3.63, 3.8) is 0 Å². The Morgan fingerprint density at radius 3 is 2.67 bits per heavy atom. The number of imidazole rings is 1. The molecule has 0 aliphatic carbocycles. The number of amides is 2. The third-order valence-electron chi connectivity index (χ3n) is 4.36. The van der Waals surface area contributed by atoms with E-state index in [0.29, 0.717) is 18.5 Å². The fourth-order valence-electron chi connectivity index (χ4n) is 2.86. The molecule has 1 atom stereocenters. The van der Waals surface area contributed by atoms with Crippen molar-refractivity contribution in [2.45, 2.75) is 25.4 Å². The molecule has 0 fully saturated rings.